The molecule has 7 nitrogen and oxygen atoms in total. The zero-order valence-electron chi connectivity index (χ0n) is 18.9. The van der Waals surface area contributed by atoms with Crippen molar-refractivity contribution in [3.8, 4) is 5.75 Å². The topological polar surface area (TPSA) is 94.1 Å². The molecule has 2 N–H and O–H groups in total. The third-order valence-electron chi connectivity index (χ3n) is 6.44. The molecule has 2 saturated heterocycles. The van der Waals surface area contributed by atoms with Crippen molar-refractivity contribution in [3.63, 3.8) is 0 Å². The minimum atomic E-state index is -1.36. The summed E-state index contributed by atoms with van der Waals surface area (Å²) in [6.07, 6.45) is -0.581. The number of hydrogen-bond acceptors (Lipinski definition) is 6. The SMILES string of the molecule is CC1(C)OC[C@H](C(=O)N2C[C@@H]3[C@H](C2)[C@@H]3C(N[S+]([O-])C(C)(C)C)c2cc(Cl)c(Cl)cc2O)O1. The highest BCUT2D eigenvalue weighted by Gasteiger charge is 2.61. The predicted octanol–water partition coefficient (Wildman–Crippen LogP) is 3.65. The Morgan fingerprint density at radius 1 is 1.28 bits per heavy atom. The first kappa shape index (κ1) is 24.4. The Morgan fingerprint density at radius 3 is 2.41 bits per heavy atom. The number of phenolic OH excluding ortho intramolecular Hbond substituents is 1. The van der Waals surface area contributed by atoms with Crippen LogP contribution in [0.2, 0.25) is 10.0 Å². The summed E-state index contributed by atoms with van der Waals surface area (Å²) in [7, 11) is 0. The average molecular weight is 505 g/mol. The van der Waals surface area contributed by atoms with Gasteiger partial charge in [0.2, 0.25) is 0 Å². The second-order valence-electron chi connectivity index (χ2n) is 10.3. The molecule has 6 atom stereocenters. The van der Waals surface area contributed by atoms with E-state index in [1.807, 2.05) is 25.7 Å². The number of benzene rings is 1. The quantitative estimate of drug-likeness (QED) is 0.594. The van der Waals surface area contributed by atoms with Gasteiger partial charge in [0.15, 0.2) is 11.9 Å². The fourth-order valence-electron chi connectivity index (χ4n) is 4.70. The van der Waals surface area contributed by atoms with Crippen LogP contribution in [-0.2, 0) is 25.6 Å². The molecular formula is C22H30Cl2N2O5S. The Kier molecular flexibility index (Phi) is 6.47. The van der Waals surface area contributed by atoms with Gasteiger partial charge in [-0.1, -0.05) is 23.2 Å². The maximum absolute atomic E-state index is 12.9. The maximum Gasteiger partial charge on any atom is 0.254 e. The number of piperidine rings is 1. The van der Waals surface area contributed by atoms with E-state index in [-0.39, 0.29) is 47.1 Å². The number of aromatic hydroxyl groups is 1. The number of halogens is 2. The largest absolute Gasteiger partial charge is 0.598 e. The van der Waals surface area contributed by atoms with Crippen molar-refractivity contribution in [2.24, 2.45) is 17.8 Å². The van der Waals surface area contributed by atoms with E-state index in [4.69, 9.17) is 32.7 Å². The van der Waals surface area contributed by atoms with E-state index in [1.165, 1.54) is 6.07 Å². The third-order valence-corrected chi connectivity index (χ3v) is 8.74. The number of fused-ring (bicyclic) bond motifs is 1. The number of phenols is 1. The Bertz CT molecular complexity index is 897. The Morgan fingerprint density at radius 2 is 1.88 bits per heavy atom. The number of hydrogen-bond donors (Lipinski definition) is 2. The number of likely N-dealkylation sites (tertiary alicyclic amines) is 1. The molecule has 2 heterocycles. The van der Waals surface area contributed by atoms with E-state index in [0.29, 0.717) is 23.7 Å². The van der Waals surface area contributed by atoms with Gasteiger partial charge in [-0.3, -0.25) is 4.79 Å². The van der Waals surface area contributed by atoms with Gasteiger partial charge in [-0.15, -0.1) is 4.72 Å². The zero-order chi connectivity index (χ0) is 23.6. The van der Waals surface area contributed by atoms with Gasteiger partial charge in [0.05, 0.1) is 22.7 Å². The number of ether oxygens (including phenoxy) is 2. The Labute approximate surface area is 202 Å². The third kappa shape index (κ3) is 4.73. The van der Waals surface area contributed by atoms with Crippen LogP contribution in [-0.4, -0.2) is 56.8 Å². The minimum Gasteiger partial charge on any atom is -0.598 e. The summed E-state index contributed by atoms with van der Waals surface area (Å²) in [5, 5.41) is 11.2. The number of rotatable bonds is 5. The summed E-state index contributed by atoms with van der Waals surface area (Å²) in [4.78, 5) is 14.7. The van der Waals surface area contributed by atoms with E-state index in [0.717, 1.165) is 0 Å². The van der Waals surface area contributed by atoms with Crippen LogP contribution in [0.3, 0.4) is 0 Å². The number of nitrogens with zero attached hydrogens (tertiary/aromatic N) is 1. The Balaban J connectivity index is 1.50. The lowest BCUT2D eigenvalue weighted by molar-refractivity contribution is -0.160. The van der Waals surface area contributed by atoms with Crippen LogP contribution < -0.4 is 4.72 Å². The molecule has 1 amide bonds. The minimum absolute atomic E-state index is 0.0134. The van der Waals surface area contributed by atoms with E-state index in [2.05, 4.69) is 4.72 Å². The number of nitrogens with one attached hydrogen (secondary N) is 1. The lowest BCUT2D eigenvalue weighted by Gasteiger charge is -2.30. The van der Waals surface area contributed by atoms with Crippen molar-refractivity contribution in [3.05, 3.63) is 27.7 Å². The van der Waals surface area contributed by atoms with E-state index < -0.39 is 28.0 Å². The van der Waals surface area contributed by atoms with Crippen LogP contribution in [0.15, 0.2) is 12.1 Å². The van der Waals surface area contributed by atoms with E-state index >= 15 is 0 Å². The van der Waals surface area contributed by atoms with Crippen molar-refractivity contribution in [1.29, 1.82) is 0 Å². The highest BCUT2D eigenvalue weighted by Crippen LogP contribution is 2.59. The molecular weight excluding hydrogens is 475 g/mol. The van der Waals surface area contributed by atoms with Crippen molar-refractivity contribution in [2.75, 3.05) is 19.7 Å². The molecule has 1 saturated carbocycles. The molecule has 3 aliphatic rings. The van der Waals surface area contributed by atoms with Crippen LogP contribution in [0, 0.1) is 17.8 Å². The average Bonchev–Trinajstić information content (AvgIpc) is 2.99. The van der Waals surface area contributed by atoms with Gasteiger partial charge in [0.1, 0.15) is 10.5 Å². The van der Waals surface area contributed by atoms with Crippen LogP contribution in [0.5, 0.6) is 5.75 Å². The first-order valence-corrected chi connectivity index (χ1v) is 12.7. The maximum atomic E-state index is 12.9. The monoisotopic (exact) mass is 504 g/mol. The van der Waals surface area contributed by atoms with Crippen molar-refractivity contribution in [1.82, 2.24) is 9.62 Å². The van der Waals surface area contributed by atoms with Crippen LogP contribution in [0.4, 0.5) is 0 Å². The normalized spacial score (nSPS) is 30.8. The molecule has 1 aliphatic carbocycles. The van der Waals surface area contributed by atoms with Crippen molar-refractivity contribution in [2.45, 2.75) is 57.3 Å². The number of amides is 1. The molecule has 32 heavy (non-hydrogen) atoms. The lowest BCUT2D eigenvalue weighted by Crippen LogP contribution is -2.44. The van der Waals surface area contributed by atoms with E-state index in [1.54, 1.807) is 19.9 Å². The van der Waals surface area contributed by atoms with Gasteiger partial charge in [-0.2, -0.15) is 0 Å². The molecule has 2 unspecified atom stereocenters. The summed E-state index contributed by atoms with van der Waals surface area (Å²) in [5.41, 5.74) is 0.573. The number of carbonyl (C=O) groups excluding carboxylic acids is 1. The summed E-state index contributed by atoms with van der Waals surface area (Å²) >= 11 is 10.9. The molecule has 0 bridgehead atoms. The second kappa shape index (κ2) is 8.48. The summed E-state index contributed by atoms with van der Waals surface area (Å²) in [6.45, 7) is 10.7. The Hall–Kier alpha value is -0.740. The van der Waals surface area contributed by atoms with Crippen LogP contribution in [0.1, 0.15) is 46.2 Å². The molecule has 0 aromatic heterocycles. The van der Waals surface area contributed by atoms with Gasteiger partial charge in [0.25, 0.3) is 5.91 Å². The molecule has 0 radical (unpaired) electrons. The lowest BCUT2D eigenvalue weighted by atomic mass is 9.99. The highest BCUT2D eigenvalue weighted by atomic mass is 35.5. The predicted molar refractivity (Wildman–Crippen MR) is 124 cm³/mol. The standard InChI is InChI=1S/C22H30Cl2N2O5S/c1-21(2,3)32(29)25-19(11-6-14(23)15(24)7-16(11)27)18-12-8-26(9-13(12)18)20(28)17-10-30-22(4,5)31-17/h6-7,12-13,17-19,25,27H,8-10H2,1-5H3/t12-,13+,17-,18-,19?,32?/m1/s1. The van der Waals surface area contributed by atoms with Gasteiger partial charge < -0.3 is 24.0 Å². The second-order valence-corrected chi connectivity index (χ2v) is 13.1. The smallest absolute Gasteiger partial charge is 0.254 e. The molecule has 3 fully saturated rings. The first-order valence-electron chi connectivity index (χ1n) is 10.7. The highest BCUT2D eigenvalue weighted by molar-refractivity contribution is 7.90. The summed E-state index contributed by atoms with van der Waals surface area (Å²) < 4.78 is 26.9. The first-order chi connectivity index (χ1) is 14.8. The van der Waals surface area contributed by atoms with Crippen molar-refractivity contribution < 1.29 is 23.9 Å². The summed E-state index contributed by atoms with van der Waals surface area (Å²) in [5.74, 6) is -0.204. The van der Waals surface area contributed by atoms with Crippen LogP contribution in [0.25, 0.3) is 0 Å². The van der Waals surface area contributed by atoms with E-state index in [9.17, 15) is 14.5 Å². The molecule has 2 aliphatic heterocycles. The molecule has 1 aromatic rings. The molecule has 1 aromatic carbocycles. The van der Waals surface area contributed by atoms with Gasteiger partial charge in [-0.25, -0.2) is 0 Å². The van der Waals surface area contributed by atoms with Crippen LogP contribution >= 0.6 is 23.2 Å². The number of carbonyl (C=O) groups is 1. The summed E-state index contributed by atoms with van der Waals surface area (Å²) in [6, 6.07) is 2.68. The van der Waals surface area contributed by atoms with Gasteiger partial charge in [0, 0.05) is 36.1 Å². The molecule has 10 heteroatoms. The fourth-order valence-corrected chi connectivity index (χ4v) is 5.90. The van der Waals surface area contributed by atoms with Gasteiger partial charge >= 0.3 is 0 Å². The van der Waals surface area contributed by atoms with Gasteiger partial charge in [-0.05, 0) is 58.4 Å². The fraction of sp³-hybridized carbons (Fsp3) is 0.682. The van der Waals surface area contributed by atoms with Crippen molar-refractivity contribution >= 4 is 40.5 Å². The zero-order valence-corrected chi connectivity index (χ0v) is 21.2. The molecule has 178 valence electrons. The molecule has 0 spiro atoms. The molecule has 4 rings (SSSR count).